The number of halogens is 3. The number of rotatable bonds is 8. The van der Waals surface area contributed by atoms with Gasteiger partial charge in [-0.1, -0.05) is 47.5 Å². The molecular formula is C41H34BrClFN3O7. The highest BCUT2D eigenvalue weighted by molar-refractivity contribution is 9.10. The van der Waals surface area contributed by atoms with Crippen LogP contribution >= 0.6 is 27.5 Å². The molecule has 6 atom stereocenters. The first-order chi connectivity index (χ1) is 25.9. The number of allylic oxidation sites excluding steroid dienone is 2. The summed E-state index contributed by atoms with van der Waals surface area (Å²) in [6.45, 7) is 0.147. The van der Waals surface area contributed by atoms with Gasteiger partial charge in [-0.2, -0.15) is 5.01 Å². The predicted molar refractivity (Wildman–Crippen MR) is 200 cm³/mol. The van der Waals surface area contributed by atoms with Gasteiger partial charge in [0.05, 0.1) is 40.4 Å². The largest absolute Gasteiger partial charge is 0.508 e. The quantitative estimate of drug-likeness (QED) is 0.129. The monoisotopic (exact) mass is 813 g/mol. The van der Waals surface area contributed by atoms with E-state index >= 15 is 4.79 Å². The zero-order valence-electron chi connectivity index (χ0n) is 28.8. The molecule has 276 valence electrons. The molecule has 3 fully saturated rings. The summed E-state index contributed by atoms with van der Waals surface area (Å²) < 4.78 is 19.7. The summed E-state index contributed by atoms with van der Waals surface area (Å²) in [4.78, 5) is 59.8. The second-order valence-electron chi connectivity index (χ2n) is 14.2. The topological polar surface area (TPSA) is 136 Å². The van der Waals surface area contributed by atoms with E-state index in [4.69, 9.17) is 16.3 Å². The highest BCUT2D eigenvalue weighted by Gasteiger charge is 2.70. The number of fused-ring (bicyclic) bond motifs is 4. The van der Waals surface area contributed by atoms with Gasteiger partial charge in [0.1, 0.15) is 11.6 Å². The molecule has 13 heteroatoms. The van der Waals surface area contributed by atoms with Crippen molar-refractivity contribution >= 4 is 56.8 Å². The van der Waals surface area contributed by atoms with Crippen molar-refractivity contribution < 1.29 is 38.5 Å². The van der Waals surface area contributed by atoms with Crippen LogP contribution in [0.5, 0.6) is 17.2 Å². The Labute approximate surface area is 323 Å². The second kappa shape index (κ2) is 13.6. The molecule has 1 saturated carbocycles. The van der Waals surface area contributed by atoms with E-state index in [0.717, 1.165) is 16.1 Å². The molecular weight excluding hydrogens is 781 g/mol. The Morgan fingerprint density at radius 3 is 2.31 bits per heavy atom. The number of hydrazine groups is 1. The summed E-state index contributed by atoms with van der Waals surface area (Å²) in [5.41, 5.74) is 4.29. The fraction of sp³-hybridized carbons (Fsp3) is 0.268. The number of benzene rings is 4. The van der Waals surface area contributed by atoms with Gasteiger partial charge in [-0.15, -0.1) is 0 Å². The number of nitrogens with one attached hydrogen (secondary N) is 1. The molecule has 10 nitrogen and oxygen atoms in total. The molecule has 54 heavy (non-hydrogen) atoms. The van der Waals surface area contributed by atoms with Gasteiger partial charge in [0, 0.05) is 17.5 Å². The Bertz CT molecular complexity index is 2230. The first-order valence-corrected chi connectivity index (χ1v) is 18.7. The summed E-state index contributed by atoms with van der Waals surface area (Å²) >= 11 is 9.83. The number of likely N-dealkylation sites (tertiary alicyclic amines) is 1. The molecule has 2 aliphatic heterocycles. The molecule has 2 saturated heterocycles. The van der Waals surface area contributed by atoms with Crippen molar-refractivity contribution in [2.45, 2.75) is 30.6 Å². The average Bonchev–Trinajstić information content (AvgIpc) is 3.53. The normalized spacial score (nSPS) is 26.0. The highest BCUT2D eigenvalue weighted by atomic mass is 79.9. The fourth-order valence-electron chi connectivity index (χ4n) is 9.14. The number of carbonyl (C=O) groups excluding carboxylic acids is 4. The summed E-state index contributed by atoms with van der Waals surface area (Å²) in [5, 5.41) is 22.0. The van der Waals surface area contributed by atoms with Gasteiger partial charge in [0.15, 0.2) is 11.5 Å². The van der Waals surface area contributed by atoms with Crippen LogP contribution in [0.3, 0.4) is 0 Å². The van der Waals surface area contributed by atoms with E-state index in [0.29, 0.717) is 32.7 Å². The van der Waals surface area contributed by atoms with E-state index in [-0.39, 0.29) is 48.4 Å². The third-order valence-electron chi connectivity index (χ3n) is 11.5. The van der Waals surface area contributed by atoms with Crippen LogP contribution in [-0.4, -0.2) is 57.4 Å². The number of hydrogen-bond acceptors (Lipinski definition) is 8. The second-order valence-corrected chi connectivity index (χ2v) is 15.5. The molecule has 4 aromatic carbocycles. The van der Waals surface area contributed by atoms with Crippen LogP contribution in [0.25, 0.3) is 0 Å². The zero-order valence-corrected chi connectivity index (χ0v) is 31.2. The van der Waals surface area contributed by atoms with E-state index in [1.807, 2.05) is 6.08 Å². The lowest BCUT2D eigenvalue weighted by atomic mass is 9.49. The predicted octanol–water partition coefficient (Wildman–Crippen LogP) is 6.89. The number of nitrogens with zero attached hydrogens (tertiary/aromatic N) is 2. The summed E-state index contributed by atoms with van der Waals surface area (Å²) in [6, 6.07) is 22.0. The van der Waals surface area contributed by atoms with Crippen molar-refractivity contribution in [3.05, 3.63) is 129 Å². The molecule has 0 bridgehead atoms. The van der Waals surface area contributed by atoms with Crippen LogP contribution < -0.4 is 10.2 Å². The van der Waals surface area contributed by atoms with E-state index in [9.17, 15) is 29.0 Å². The maximum absolute atomic E-state index is 15.3. The number of aromatic hydroxyl groups is 2. The van der Waals surface area contributed by atoms with Crippen molar-refractivity contribution in [3.8, 4) is 17.2 Å². The molecule has 4 aliphatic rings. The van der Waals surface area contributed by atoms with E-state index < -0.39 is 52.6 Å². The summed E-state index contributed by atoms with van der Waals surface area (Å²) in [7, 11) is 1.41. The van der Waals surface area contributed by atoms with Crippen LogP contribution in [0.4, 0.5) is 10.1 Å². The smallest absolute Gasteiger partial charge is 0.260 e. The number of methoxy groups -OCH3 is 1. The molecule has 2 aliphatic carbocycles. The molecule has 0 aromatic heterocycles. The molecule has 8 rings (SSSR count). The molecule has 0 unspecified atom stereocenters. The minimum atomic E-state index is -1.59. The molecule has 4 aromatic rings. The molecule has 2 heterocycles. The van der Waals surface area contributed by atoms with Gasteiger partial charge in [0.25, 0.3) is 11.8 Å². The number of phenols is 2. The highest BCUT2D eigenvalue weighted by Crippen LogP contribution is 2.64. The maximum atomic E-state index is 15.3. The van der Waals surface area contributed by atoms with Crippen LogP contribution in [0.1, 0.15) is 35.4 Å². The minimum Gasteiger partial charge on any atom is -0.508 e. The van der Waals surface area contributed by atoms with Gasteiger partial charge in [-0.25, -0.2) is 4.39 Å². The van der Waals surface area contributed by atoms with Crippen molar-refractivity contribution in [2.75, 3.05) is 19.1 Å². The van der Waals surface area contributed by atoms with Gasteiger partial charge < -0.3 is 14.9 Å². The number of anilines is 1. The molecule has 0 spiro atoms. The Kier molecular flexibility index (Phi) is 9.01. The first kappa shape index (κ1) is 35.8. The Balaban J connectivity index is 1.28. The lowest BCUT2D eigenvalue weighted by Crippen LogP contribution is -2.53. The molecule has 4 amide bonds. The molecule has 3 N–H and O–H groups in total. The summed E-state index contributed by atoms with van der Waals surface area (Å²) in [5.74, 6) is -6.08. The third-order valence-corrected chi connectivity index (χ3v) is 12.4. The lowest BCUT2D eigenvalue weighted by molar-refractivity contribution is -0.141. The number of ether oxygens (including phenoxy) is 1. The van der Waals surface area contributed by atoms with E-state index in [1.165, 1.54) is 36.3 Å². The fourth-order valence-corrected chi connectivity index (χ4v) is 9.72. The first-order valence-electron chi connectivity index (χ1n) is 17.5. The van der Waals surface area contributed by atoms with Crippen LogP contribution in [0, 0.1) is 29.5 Å². The minimum absolute atomic E-state index is 0.0828. The summed E-state index contributed by atoms with van der Waals surface area (Å²) in [6.07, 6.45) is 2.66. The van der Waals surface area contributed by atoms with Crippen molar-refractivity contribution in [1.29, 1.82) is 0 Å². The van der Waals surface area contributed by atoms with Crippen molar-refractivity contribution in [3.63, 3.8) is 0 Å². The van der Waals surface area contributed by atoms with Crippen molar-refractivity contribution in [2.24, 2.45) is 23.7 Å². The van der Waals surface area contributed by atoms with Gasteiger partial charge >= 0.3 is 0 Å². The van der Waals surface area contributed by atoms with Crippen LogP contribution in [0.15, 0.2) is 101 Å². The van der Waals surface area contributed by atoms with Crippen LogP contribution in [-0.2, 0) is 31.0 Å². The Morgan fingerprint density at radius 2 is 1.63 bits per heavy atom. The number of amides is 4. The van der Waals surface area contributed by atoms with Gasteiger partial charge in [-0.3, -0.25) is 29.5 Å². The maximum Gasteiger partial charge on any atom is 0.260 e. The zero-order chi connectivity index (χ0) is 38.1. The number of hydrogen-bond donors (Lipinski definition) is 3. The number of imide groups is 2. The standard InChI is InChI=1S/C41H34BrClFN3O7/c1-54-33-19-22(18-32(42)36(33)49)35-28-14-15-29-34(39(52)46(37(29)50)17-16-21-2-12-27(48)13-3-21)30(28)20-31-38(51)47(45-26-10-8-25(44)9-11-26)40(53)41(31,35)23-4-6-24(43)7-5-23/h2-14,18-19,29-31,34-35,45,48-49H,15-17,20H2,1H3/t29-,30+,31-,34-,35-,41+/m0/s1. The average molecular weight is 815 g/mol. The van der Waals surface area contributed by atoms with Gasteiger partial charge in [0.2, 0.25) is 11.8 Å². The Hall–Kier alpha value is -5.20. The SMILES string of the molecule is COc1cc([C@H]2C3=CC[C@@H]4C(=O)N(CCc5ccc(O)cc5)C(=O)[C@@H]4[C@@H]3C[C@H]3C(=O)N(Nc4ccc(F)cc4)C(=O)[C@@]23c2ccc(Cl)cc2)cc(Br)c1O. The van der Waals surface area contributed by atoms with E-state index in [2.05, 4.69) is 21.4 Å². The van der Waals surface area contributed by atoms with E-state index in [1.54, 1.807) is 60.7 Å². The lowest BCUT2D eigenvalue weighted by Gasteiger charge is -2.50. The van der Waals surface area contributed by atoms with Gasteiger partial charge in [-0.05, 0) is 118 Å². The number of carbonyl (C=O) groups is 4. The molecule has 0 radical (unpaired) electrons. The number of phenolic OH excluding ortho intramolecular Hbond substituents is 2. The van der Waals surface area contributed by atoms with Crippen LogP contribution in [0.2, 0.25) is 5.02 Å². The third kappa shape index (κ3) is 5.57. The Morgan fingerprint density at radius 1 is 0.926 bits per heavy atom. The van der Waals surface area contributed by atoms with Crippen molar-refractivity contribution in [1.82, 2.24) is 9.91 Å².